The van der Waals surface area contributed by atoms with Crippen molar-refractivity contribution < 1.29 is 9.59 Å². The third kappa shape index (κ3) is 5.66. The molecule has 0 spiro atoms. The van der Waals surface area contributed by atoms with E-state index >= 15 is 0 Å². The van der Waals surface area contributed by atoms with Crippen LogP contribution < -0.4 is 16.0 Å². The number of rotatable bonds is 9. The number of nitrogens with zero attached hydrogens (tertiary/aromatic N) is 1. The molecule has 1 atom stereocenters. The van der Waals surface area contributed by atoms with Crippen LogP contribution in [0.1, 0.15) is 37.0 Å². The largest absolute Gasteiger partial charge is 0.366 e. The predicted octanol–water partition coefficient (Wildman–Crippen LogP) is 2.98. The monoisotopic (exact) mass is 395 g/mol. The van der Waals surface area contributed by atoms with Gasteiger partial charge in [-0.3, -0.25) is 9.59 Å². The van der Waals surface area contributed by atoms with Gasteiger partial charge in [-0.2, -0.15) is 11.8 Å². The van der Waals surface area contributed by atoms with Gasteiger partial charge >= 0.3 is 0 Å². The first-order chi connectivity index (χ1) is 12.4. The summed E-state index contributed by atoms with van der Waals surface area (Å²) in [7, 11) is 0. The van der Waals surface area contributed by atoms with E-state index in [2.05, 4.69) is 25.4 Å². The topological polar surface area (TPSA) is 75.4 Å². The van der Waals surface area contributed by atoms with Crippen LogP contribution in [0.3, 0.4) is 0 Å². The van der Waals surface area contributed by atoms with Crippen LogP contribution in [0.2, 0.25) is 0 Å². The fourth-order valence-electron chi connectivity index (χ4n) is 2.81. The van der Waals surface area contributed by atoms with E-state index in [1.165, 1.54) is 0 Å². The average molecular weight is 396 g/mol. The van der Waals surface area contributed by atoms with Crippen LogP contribution in [0, 0.1) is 5.92 Å². The van der Waals surface area contributed by atoms with Crippen molar-refractivity contribution in [3.8, 4) is 0 Å². The number of anilines is 1. The molecule has 2 rings (SSSR count). The lowest BCUT2D eigenvalue weighted by Crippen LogP contribution is -2.48. The van der Waals surface area contributed by atoms with E-state index in [1.807, 2.05) is 22.7 Å². The summed E-state index contributed by atoms with van der Waals surface area (Å²) in [6.45, 7) is 5.78. The molecule has 0 unspecified atom stereocenters. The van der Waals surface area contributed by atoms with Crippen LogP contribution in [-0.2, 0) is 4.79 Å². The van der Waals surface area contributed by atoms with Gasteiger partial charge in [-0.05, 0) is 55.5 Å². The van der Waals surface area contributed by atoms with Gasteiger partial charge in [-0.1, -0.05) is 13.8 Å². The molecule has 0 saturated heterocycles. The van der Waals surface area contributed by atoms with E-state index in [1.54, 1.807) is 23.9 Å². The molecule has 1 heterocycles. The van der Waals surface area contributed by atoms with Gasteiger partial charge in [0.15, 0.2) is 0 Å². The lowest BCUT2D eigenvalue weighted by molar-refractivity contribution is -0.120. The highest BCUT2D eigenvalue weighted by Gasteiger charge is 2.30. The third-order valence-electron chi connectivity index (χ3n) is 4.35. The molecule has 1 aromatic rings. The molecule has 1 aliphatic heterocycles. The summed E-state index contributed by atoms with van der Waals surface area (Å²) in [5.74, 6) is 1.89. The van der Waals surface area contributed by atoms with Gasteiger partial charge in [0, 0.05) is 22.8 Å². The molecule has 1 aliphatic rings. The second kappa shape index (κ2) is 10.2. The number of fused-ring (bicyclic) bond motifs is 1. The fourth-order valence-corrected chi connectivity index (χ4v) is 4.33. The summed E-state index contributed by atoms with van der Waals surface area (Å²) >= 11 is 3.48. The highest BCUT2D eigenvalue weighted by atomic mass is 32.2. The van der Waals surface area contributed by atoms with Gasteiger partial charge < -0.3 is 16.0 Å². The summed E-state index contributed by atoms with van der Waals surface area (Å²) < 4.78 is 0. The van der Waals surface area contributed by atoms with E-state index in [0.29, 0.717) is 23.8 Å². The van der Waals surface area contributed by atoms with Gasteiger partial charge in [0.25, 0.3) is 0 Å². The highest BCUT2D eigenvalue weighted by molar-refractivity contribution is 7.99. The molecule has 0 fully saturated rings. The number of nitrogens with one attached hydrogen (secondary N) is 1. The van der Waals surface area contributed by atoms with Crippen molar-refractivity contribution in [1.82, 2.24) is 5.32 Å². The third-order valence-corrected chi connectivity index (χ3v) is 6.20. The van der Waals surface area contributed by atoms with E-state index in [4.69, 9.17) is 5.73 Å². The second-order valence-electron chi connectivity index (χ2n) is 6.88. The van der Waals surface area contributed by atoms with Gasteiger partial charge in [-0.15, -0.1) is 11.8 Å². The van der Waals surface area contributed by atoms with E-state index in [0.717, 1.165) is 35.7 Å². The Balaban J connectivity index is 2.25. The molecule has 0 saturated carbocycles. The van der Waals surface area contributed by atoms with Crippen molar-refractivity contribution >= 4 is 41.0 Å². The van der Waals surface area contributed by atoms with Crippen molar-refractivity contribution in [2.45, 2.75) is 37.6 Å². The number of hydrogen-bond acceptors (Lipinski definition) is 5. The Morgan fingerprint density at radius 2 is 2.23 bits per heavy atom. The summed E-state index contributed by atoms with van der Waals surface area (Å²) in [6.07, 6.45) is 4.05. The Morgan fingerprint density at radius 1 is 1.46 bits per heavy atom. The maximum absolute atomic E-state index is 13.2. The molecular formula is C19H29N3O2S2. The molecule has 0 radical (unpaired) electrons. The minimum atomic E-state index is -0.468. The Hall–Kier alpha value is -1.18. The van der Waals surface area contributed by atoms with Crippen LogP contribution in [0.5, 0.6) is 0 Å². The maximum atomic E-state index is 13.2. The van der Waals surface area contributed by atoms with Crippen LogP contribution in [0.15, 0.2) is 23.1 Å². The van der Waals surface area contributed by atoms with Gasteiger partial charge in [0.2, 0.25) is 11.8 Å². The van der Waals surface area contributed by atoms with Crippen LogP contribution in [0.25, 0.3) is 0 Å². The number of carbonyl (C=O) groups excluding carboxylic acids is 2. The van der Waals surface area contributed by atoms with Crippen LogP contribution in [0.4, 0.5) is 5.69 Å². The summed E-state index contributed by atoms with van der Waals surface area (Å²) in [4.78, 5) is 27.7. The van der Waals surface area contributed by atoms with Crippen molar-refractivity contribution in [3.05, 3.63) is 23.8 Å². The minimum absolute atomic E-state index is 0.0858. The van der Waals surface area contributed by atoms with E-state index in [9.17, 15) is 9.59 Å². The van der Waals surface area contributed by atoms with Gasteiger partial charge in [0.1, 0.15) is 0 Å². The molecule has 3 N–H and O–H groups in total. The van der Waals surface area contributed by atoms with Crippen LogP contribution >= 0.6 is 23.5 Å². The molecule has 1 aromatic carbocycles. The quantitative estimate of drug-likeness (QED) is 0.629. The summed E-state index contributed by atoms with van der Waals surface area (Å²) in [5.41, 5.74) is 6.70. The van der Waals surface area contributed by atoms with E-state index in [-0.39, 0.29) is 11.9 Å². The number of benzene rings is 1. The molecule has 0 aliphatic carbocycles. The predicted molar refractivity (Wildman–Crippen MR) is 112 cm³/mol. The standard InChI is InChI=1S/C19H29N3O2S2/c1-13(2)7-9-22-16-11-14(18(20)23)5-6-17(16)26-12-15(19(22)24)21-8-4-10-25-3/h5-6,11,13,15,21H,4,7-10,12H2,1-3H3,(H2,20,23)/t15-/m0/s1. The first kappa shape index (κ1) is 21.1. The molecule has 2 amide bonds. The number of amides is 2. The molecule has 5 nitrogen and oxygen atoms in total. The zero-order chi connectivity index (χ0) is 19.1. The van der Waals surface area contributed by atoms with Crippen molar-refractivity contribution in [2.24, 2.45) is 11.7 Å². The molecule has 7 heteroatoms. The lowest BCUT2D eigenvalue weighted by atomic mass is 10.1. The summed E-state index contributed by atoms with van der Waals surface area (Å²) in [6, 6.07) is 5.20. The van der Waals surface area contributed by atoms with E-state index < -0.39 is 5.91 Å². The number of nitrogens with two attached hydrogens (primary N) is 1. The molecule has 0 aromatic heterocycles. The molecule has 0 bridgehead atoms. The van der Waals surface area contributed by atoms with Gasteiger partial charge in [-0.25, -0.2) is 0 Å². The first-order valence-corrected chi connectivity index (χ1v) is 11.4. The molecule has 144 valence electrons. The Labute approximate surface area is 164 Å². The second-order valence-corrected chi connectivity index (χ2v) is 8.93. The lowest BCUT2D eigenvalue weighted by Gasteiger charge is -2.27. The number of thioether (sulfide) groups is 2. The first-order valence-electron chi connectivity index (χ1n) is 9.04. The average Bonchev–Trinajstić information content (AvgIpc) is 2.73. The zero-order valence-electron chi connectivity index (χ0n) is 15.8. The fraction of sp³-hybridized carbons (Fsp3) is 0.579. The highest BCUT2D eigenvalue weighted by Crippen LogP contribution is 2.35. The SMILES string of the molecule is CSCCCN[C@H]1CSc2ccc(C(N)=O)cc2N(CCC(C)C)C1=O. The molecule has 26 heavy (non-hydrogen) atoms. The smallest absolute Gasteiger partial charge is 0.248 e. The number of primary amides is 1. The van der Waals surface area contributed by atoms with Crippen LogP contribution in [-0.4, -0.2) is 48.7 Å². The summed E-state index contributed by atoms with van der Waals surface area (Å²) in [5, 5.41) is 3.42. The zero-order valence-corrected chi connectivity index (χ0v) is 17.4. The Morgan fingerprint density at radius 3 is 2.88 bits per heavy atom. The maximum Gasteiger partial charge on any atom is 0.248 e. The number of carbonyl (C=O) groups is 2. The molecular weight excluding hydrogens is 366 g/mol. The van der Waals surface area contributed by atoms with Crippen molar-refractivity contribution in [1.29, 1.82) is 0 Å². The van der Waals surface area contributed by atoms with Crippen molar-refractivity contribution in [2.75, 3.05) is 35.8 Å². The van der Waals surface area contributed by atoms with Gasteiger partial charge in [0.05, 0.1) is 11.7 Å². The normalized spacial score (nSPS) is 17.3. The van der Waals surface area contributed by atoms with Crippen molar-refractivity contribution in [3.63, 3.8) is 0 Å². The Kier molecular flexibility index (Phi) is 8.31. The minimum Gasteiger partial charge on any atom is -0.366 e. The Bertz CT molecular complexity index is 637. The number of hydrogen-bond donors (Lipinski definition) is 2.